The van der Waals surface area contributed by atoms with Gasteiger partial charge < -0.3 is 9.73 Å². The molecule has 0 bridgehead atoms. The van der Waals surface area contributed by atoms with Crippen LogP contribution in [0.5, 0.6) is 0 Å². The number of rotatable bonds is 6. The number of hydrogen-bond acceptors (Lipinski definition) is 5. The van der Waals surface area contributed by atoms with E-state index >= 15 is 0 Å². The van der Waals surface area contributed by atoms with Crippen LogP contribution in [0.1, 0.15) is 32.8 Å². The molecule has 6 nitrogen and oxygen atoms in total. The number of aryl methyl sites for hydroxylation is 1. The van der Waals surface area contributed by atoms with E-state index in [0.29, 0.717) is 25.1 Å². The van der Waals surface area contributed by atoms with Gasteiger partial charge >= 0.3 is 5.63 Å². The Morgan fingerprint density at radius 1 is 1.12 bits per heavy atom. The monoisotopic (exact) mass is 352 g/mol. The van der Waals surface area contributed by atoms with Crippen molar-refractivity contribution in [1.29, 1.82) is 0 Å². The molecule has 132 valence electrons. The SMILES string of the molecule is Cc1cc(=O)oc2cc(NCCCNS(=O)(=O)C(C)(C)C)ccc12. The van der Waals surface area contributed by atoms with E-state index in [2.05, 4.69) is 10.0 Å². The Hall–Kier alpha value is -1.86. The van der Waals surface area contributed by atoms with E-state index in [1.807, 2.05) is 19.1 Å². The summed E-state index contributed by atoms with van der Waals surface area (Å²) in [7, 11) is -3.31. The molecule has 0 aliphatic carbocycles. The fourth-order valence-electron chi connectivity index (χ4n) is 2.18. The first-order valence-electron chi connectivity index (χ1n) is 7.88. The van der Waals surface area contributed by atoms with Gasteiger partial charge in [-0.25, -0.2) is 17.9 Å². The predicted octanol–water partition coefficient (Wildman–Crippen LogP) is 2.62. The van der Waals surface area contributed by atoms with Gasteiger partial charge in [0, 0.05) is 36.3 Å². The van der Waals surface area contributed by atoms with Crippen LogP contribution in [0.3, 0.4) is 0 Å². The molecule has 0 saturated heterocycles. The fourth-order valence-corrected chi connectivity index (χ4v) is 3.03. The molecule has 2 rings (SSSR count). The van der Waals surface area contributed by atoms with Gasteiger partial charge in [-0.1, -0.05) is 0 Å². The third-order valence-corrected chi connectivity index (χ3v) is 5.93. The Morgan fingerprint density at radius 2 is 1.83 bits per heavy atom. The third-order valence-electron chi connectivity index (χ3n) is 3.73. The quantitative estimate of drug-likeness (QED) is 0.616. The number of anilines is 1. The van der Waals surface area contributed by atoms with Gasteiger partial charge in [-0.3, -0.25) is 0 Å². The van der Waals surface area contributed by atoms with E-state index in [1.165, 1.54) is 6.07 Å². The first-order valence-corrected chi connectivity index (χ1v) is 9.36. The summed E-state index contributed by atoms with van der Waals surface area (Å²) in [5.41, 5.74) is 1.88. The van der Waals surface area contributed by atoms with Gasteiger partial charge in [0.25, 0.3) is 0 Å². The van der Waals surface area contributed by atoms with Gasteiger partial charge in [0.15, 0.2) is 0 Å². The van der Waals surface area contributed by atoms with Crippen molar-refractivity contribution in [3.8, 4) is 0 Å². The first-order chi connectivity index (χ1) is 11.1. The van der Waals surface area contributed by atoms with Crippen LogP contribution in [0.2, 0.25) is 0 Å². The van der Waals surface area contributed by atoms with Crippen LogP contribution in [0.25, 0.3) is 11.0 Å². The Kier molecular flexibility index (Phi) is 5.35. The van der Waals surface area contributed by atoms with Crippen molar-refractivity contribution in [1.82, 2.24) is 4.72 Å². The summed E-state index contributed by atoms with van der Waals surface area (Å²) < 4.78 is 30.8. The van der Waals surface area contributed by atoms with Crippen molar-refractivity contribution in [3.63, 3.8) is 0 Å². The van der Waals surface area contributed by atoms with E-state index in [0.717, 1.165) is 16.6 Å². The molecule has 0 spiro atoms. The maximum atomic E-state index is 11.9. The van der Waals surface area contributed by atoms with Crippen molar-refractivity contribution < 1.29 is 12.8 Å². The van der Waals surface area contributed by atoms with Crippen molar-refractivity contribution in [2.24, 2.45) is 0 Å². The summed E-state index contributed by atoms with van der Waals surface area (Å²) in [6, 6.07) is 7.06. The highest BCUT2D eigenvalue weighted by atomic mass is 32.2. The molecule has 24 heavy (non-hydrogen) atoms. The molecule has 2 aromatic rings. The number of fused-ring (bicyclic) bond motifs is 1. The summed E-state index contributed by atoms with van der Waals surface area (Å²) in [4.78, 5) is 11.4. The van der Waals surface area contributed by atoms with Gasteiger partial charge in [0.1, 0.15) is 5.58 Å². The molecule has 0 unspecified atom stereocenters. The largest absolute Gasteiger partial charge is 0.423 e. The lowest BCUT2D eigenvalue weighted by Crippen LogP contribution is -2.40. The van der Waals surface area contributed by atoms with Crippen molar-refractivity contribution >= 4 is 26.7 Å². The molecule has 0 radical (unpaired) electrons. The lowest BCUT2D eigenvalue weighted by atomic mass is 10.1. The minimum atomic E-state index is -3.31. The Balaban J connectivity index is 1.92. The van der Waals surface area contributed by atoms with E-state index in [4.69, 9.17) is 4.42 Å². The molecule has 1 heterocycles. The highest BCUT2D eigenvalue weighted by Crippen LogP contribution is 2.20. The molecule has 0 aliphatic heterocycles. The second-order valence-corrected chi connectivity index (χ2v) is 9.27. The second-order valence-electron chi connectivity index (χ2n) is 6.75. The molecule has 2 N–H and O–H groups in total. The van der Waals surface area contributed by atoms with Crippen LogP contribution in [-0.4, -0.2) is 26.3 Å². The molecular weight excluding hydrogens is 328 g/mol. The van der Waals surface area contributed by atoms with Gasteiger partial charge in [-0.15, -0.1) is 0 Å². The van der Waals surface area contributed by atoms with E-state index in [1.54, 1.807) is 26.8 Å². The summed E-state index contributed by atoms with van der Waals surface area (Å²) in [5, 5.41) is 4.10. The fraction of sp³-hybridized carbons (Fsp3) is 0.471. The number of hydrogen-bond donors (Lipinski definition) is 2. The van der Waals surface area contributed by atoms with Crippen LogP contribution in [0.4, 0.5) is 5.69 Å². The van der Waals surface area contributed by atoms with Crippen molar-refractivity contribution in [2.75, 3.05) is 18.4 Å². The van der Waals surface area contributed by atoms with Gasteiger partial charge in [0.05, 0.1) is 4.75 Å². The molecule has 0 fully saturated rings. The maximum absolute atomic E-state index is 11.9. The average Bonchev–Trinajstić information content (AvgIpc) is 2.45. The summed E-state index contributed by atoms with van der Waals surface area (Å²) in [6.07, 6.45) is 0.644. The molecule has 0 saturated carbocycles. The molecule has 0 amide bonds. The van der Waals surface area contributed by atoms with E-state index in [9.17, 15) is 13.2 Å². The van der Waals surface area contributed by atoms with Crippen LogP contribution in [-0.2, 0) is 10.0 Å². The van der Waals surface area contributed by atoms with Crippen molar-refractivity contribution in [2.45, 2.75) is 38.9 Å². The minimum Gasteiger partial charge on any atom is -0.423 e. The lowest BCUT2D eigenvalue weighted by molar-refractivity contribution is 0.544. The Labute approximate surface area is 142 Å². The van der Waals surface area contributed by atoms with Crippen LogP contribution < -0.4 is 15.7 Å². The van der Waals surface area contributed by atoms with Crippen molar-refractivity contribution in [3.05, 3.63) is 40.2 Å². The molecule has 1 aromatic carbocycles. The van der Waals surface area contributed by atoms with E-state index < -0.39 is 14.8 Å². The summed E-state index contributed by atoms with van der Waals surface area (Å²) in [6.45, 7) is 7.84. The Morgan fingerprint density at radius 3 is 2.50 bits per heavy atom. The maximum Gasteiger partial charge on any atom is 0.336 e. The van der Waals surface area contributed by atoms with Crippen LogP contribution >= 0.6 is 0 Å². The van der Waals surface area contributed by atoms with Gasteiger partial charge in [0.2, 0.25) is 10.0 Å². The van der Waals surface area contributed by atoms with Crippen LogP contribution in [0, 0.1) is 6.92 Å². The molecule has 7 heteroatoms. The molecular formula is C17H24N2O4S. The summed E-state index contributed by atoms with van der Waals surface area (Å²) >= 11 is 0. The third kappa shape index (κ3) is 4.36. The predicted molar refractivity (Wildman–Crippen MR) is 97.0 cm³/mol. The Bertz CT molecular complexity index is 880. The zero-order valence-electron chi connectivity index (χ0n) is 14.5. The topological polar surface area (TPSA) is 88.4 Å². The number of sulfonamides is 1. The second kappa shape index (κ2) is 6.94. The van der Waals surface area contributed by atoms with Gasteiger partial charge in [-0.05, 0) is 51.8 Å². The lowest BCUT2D eigenvalue weighted by Gasteiger charge is -2.19. The minimum absolute atomic E-state index is 0.367. The standard InChI is InChI=1S/C17H24N2O4S/c1-12-10-16(20)23-15-11-13(6-7-14(12)15)18-8-5-9-19-24(21,22)17(2,3)4/h6-7,10-11,18-19H,5,8-9H2,1-4H3. The van der Waals surface area contributed by atoms with E-state index in [-0.39, 0.29) is 5.63 Å². The number of nitrogens with one attached hydrogen (secondary N) is 2. The molecule has 0 atom stereocenters. The number of benzene rings is 1. The normalized spacial score (nSPS) is 12.5. The highest BCUT2D eigenvalue weighted by molar-refractivity contribution is 7.90. The summed E-state index contributed by atoms with van der Waals surface area (Å²) in [5.74, 6) is 0. The molecule has 0 aliphatic rings. The zero-order valence-corrected chi connectivity index (χ0v) is 15.3. The van der Waals surface area contributed by atoms with Crippen LogP contribution in [0.15, 0.2) is 33.5 Å². The smallest absolute Gasteiger partial charge is 0.336 e. The first kappa shape index (κ1) is 18.5. The molecule has 1 aromatic heterocycles. The zero-order chi connectivity index (χ0) is 18.0. The highest BCUT2D eigenvalue weighted by Gasteiger charge is 2.27. The average molecular weight is 352 g/mol. The van der Waals surface area contributed by atoms with Gasteiger partial charge in [-0.2, -0.15) is 0 Å².